The Balaban J connectivity index is 1.86. The second kappa shape index (κ2) is 13.1. The molecule has 0 unspecified atom stereocenters. The SMILES string of the molecule is CCN(CC)c1ccc(/C=C(/NC(=O)c2ccccc2Cl)C(=O)N/N=C/c2cc(OC)ccc2O)cc1. The summed E-state index contributed by atoms with van der Waals surface area (Å²) in [5.74, 6) is -0.714. The summed E-state index contributed by atoms with van der Waals surface area (Å²) in [5, 5.41) is 16.8. The molecule has 0 atom stereocenters. The standard InChI is InChI=1S/C28H29ClN4O4/c1-4-33(5-2)21-12-10-19(11-13-21)16-25(31-27(35)23-8-6-7-9-24(23)29)28(36)32-30-18-20-17-22(37-3)14-15-26(20)34/h6-18,34H,4-5H2,1-3H3,(H,31,35)(H,32,36)/b25-16+,30-18+. The Labute approximate surface area is 221 Å². The second-order valence-electron chi connectivity index (χ2n) is 7.88. The molecule has 0 aliphatic carbocycles. The van der Waals surface area contributed by atoms with Gasteiger partial charge in [-0.15, -0.1) is 0 Å². The molecule has 0 bridgehead atoms. The summed E-state index contributed by atoms with van der Waals surface area (Å²) in [6.07, 6.45) is 2.83. The number of hydrazone groups is 1. The van der Waals surface area contributed by atoms with Gasteiger partial charge in [0, 0.05) is 24.3 Å². The molecule has 3 N–H and O–H groups in total. The number of amides is 2. The van der Waals surface area contributed by atoms with Crippen molar-refractivity contribution in [1.29, 1.82) is 0 Å². The van der Waals surface area contributed by atoms with Crippen LogP contribution < -0.4 is 20.4 Å². The van der Waals surface area contributed by atoms with E-state index in [1.807, 2.05) is 24.3 Å². The summed E-state index contributed by atoms with van der Waals surface area (Å²) < 4.78 is 5.14. The Hall–Kier alpha value is -4.30. The zero-order valence-electron chi connectivity index (χ0n) is 20.9. The highest BCUT2D eigenvalue weighted by atomic mass is 35.5. The average molecular weight is 521 g/mol. The number of rotatable bonds is 10. The fourth-order valence-electron chi connectivity index (χ4n) is 3.51. The summed E-state index contributed by atoms with van der Waals surface area (Å²) in [5.41, 5.74) is 4.68. The molecule has 3 aromatic carbocycles. The number of phenols is 1. The molecule has 0 aliphatic rings. The highest BCUT2D eigenvalue weighted by molar-refractivity contribution is 6.34. The maximum absolute atomic E-state index is 13.0. The van der Waals surface area contributed by atoms with E-state index in [1.165, 1.54) is 19.4 Å². The van der Waals surface area contributed by atoms with Gasteiger partial charge in [0.1, 0.15) is 17.2 Å². The fourth-order valence-corrected chi connectivity index (χ4v) is 3.74. The van der Waals surface area contributed by atoms with E-state index in [1.54, 1.807) is 42.5 Å². The number of aromatic hydroxyl groups is 1. The van der Waals surface area contributed by atoms with Gasteiger partial charge in [-0.3, -0.25) is 9.59 Å². The van der Waals surface area contributed by atoms with E-state index >= 15 is 0 Å². The molecule has 0 aromatic heterocycles. The van der Waals surface area contributed by atoms with Crippen LogP contribution in [0.2, 0.25) is 5.02 Å². The maximum atomic E-state index is 13.0. The van der Waals surface area contributed by atoms with Crippen molar-refractivity contribution >= 4 is 41.4 Å². The molecule has 8 nitrogen and oxygen atoms in total. The van der Waals surface area contributed by atoms with Gasteiger partial charge in [-0.05, 0) is 68.0 Å². The Morgan fingerprint density at radius 1 is 1.05 bits per heavy atom. The van der Waals surface area contributed by atoms with Crippen molar-refractivity contribution in [2.24, 2.45) is 5.10 Å². The molecule has 0 spiro atoms. The molecule has 192 valence electrons. The lowest BCUT2D eigenvalue weighted by atomic mass is 10.1. The minimum absolute atomic E-state index is 0.0325. The van der Waals surface area contributed by atoms with Gasteiger partial charge < -0.3 is 20.1 Å². The smallest absolute Gasteiger partial charge is 0.287 e. The summed E-state index contributed by atoms with van der Waals surface area (Å²) >= 11 is 6.16. The van der Waals surface area contributed by atoms with Crippen LogP contribution in [0.25, 0.3) is 6.08 Å². The number of anilines is 1. The highest BCUT2D eigenvalue weighted by Crippen LogP contribution is 2.21. The van der Waals surface area contributed by atoms with Crippen LogP contribution >= 0.6 is 11.6 Å². The Bertz CT molecular complexity index is 1300. The van der Waals surface area contributed by atoms with Gasteiger partial charge in [0.05, 0.1) is 23.9 Å². The number of phenolic OH excluding ortho intramolecular Hbond substituents is 1. The zero-order chi connectivity index (χ0) is 26.8. The van der Waals surface area contributed by atoms with Gasteiger partial charge in [-0.2, -0.15) is 5.10 Å². The van der Waals surface area contributed by atoms with Crippen LogP contribution in [0.4, 0.5) is 5.69 Å². The first kappa shape index (κ1) is 27.3. The van der Waals surface area contributed by atoms with E-state index in [0.717, 1.165) is 18.8 Å². The minimum atomic E-state index is -0.660. The van der Waals surface area contributed by atoms with Crippen LogP contribution in [0.5, 0.6) is 11.5 Å². The number of carbonyl (C=O) groups is 2. The maximum Gasteiger partial charge on any atom is 0.287 e. The number of hydrogen-bond donors (Lipinski definition) is 3. The van der Waals surface area contributed by atoms with E-state index < -0.39 is 11.8 Å². The summed E-state index contributed by atoms with van der Waals surface area (Å²) in [7, 11) is 1.50. The van der Waals surface area contributed by atoms with Crippen LogP contribution in [0.1, 0.15) is 35.3 Å². The largest absolute Gasteiger partial charge is 0.507 e. The monoisotopic (exact) mass is 520 g/mol. The predicted molar refractivity (Wildman–Crippen MR) is 147 cm³/mol. The molecule has 37 heavy (non-hydrogen) atoms. The first-order valence-corrected chi connectivity index (χ1v) is 12.1. The van der Waals surface area contributed by atoms with Crippen molar-refractivity contribution in [3.8, 4) is 11.5 Å². The molecular weight excluding hydrogens is 492 g/mol. The van der Waals surface area contributed by atoms with Gasteiger partial charge in [-0.25, -0.2) is 5.43 Å². The lowest BCUT2D eigenvalue weighted by molar-refractivity contribution is -0.117. The number of hydrogen-bond acceptors (Lipinski definition) is 6. The number of halogens is 1. The molecule has 0 saturated heterocycles. The number of carbonyl (C=O) groups excluding carboxylic acids is 2. The van der Waals surface area contributed by atoms with Gasteiger partial charge >= 0.3 is 0 Å². The fraction of sp³-hybridized carbons (Fsp3) is 0.179. The van der Waals surface area contributed by atoms with Crippen LogP contribution in [-0.4, -0.2) is 43.3 Å². The van der Waals surface area contributed by atoms with Crippen LogP contribution in [0.3, 0.4) is 0 Å². The molecule has 0 saturated carbocycles. The van der Waals surface area contributed by atoms with Gasteiger partial charge in [-0.1, -0.05) is 35.9 Å². The molecule has 9 heteroatoms. The van der Waals surface area contributed by atoms with E-state index in [2.05, 4.69) is 34.6 Å². The number of nitrogens with zero attached hydrogens (tertiary/aromatic N) is 2. The van der Waals surface area contributed by atoms with Crippen molar-refractivity contribution in [3.63, 3.8) is 0 Å². The molecule has 2 amide bonds. The first-order valence-electron chi connectivity index (χ1n) is 11.7. The molecule has 0 fully saturated rings. The predicted octanol–water partition coefficient (Wildman–Crippen LogP) is 4.82. The topological polar surface area (TPSA) is 103 Å². The van der Waals surface area contributed by atoms with E-state index in [4.69, 9.17) is 16.3 Å². The van der Waals surface area contributed by atoms with Crippen molar-refractivity contribution in [1.82, 2.24) is 10.7 Å². The lowest BCUT2D eigenvalue weighted by Gasteiger charge is -2.21. The third-order valence-electron chi connectivity index (χ3n) is 5.55. The Morgan fingerprint density at radius 3 is 2.41 bits per heavy atom. The van der Waals surface area contributed by atoms with Gasteiger partial charge in [0.2, 0.25) is 0 Å². The molecule has 3 aromatic rings. The van der Waals surface area contributed by atoms with Gasteiger partial charge in [0.25, 0.3) is 11.8 Å². The van der Waals surface area contributed by atoms with Crippen LogP contribution in [0.15, 0.2) is 77.5 Å². The van der Waals surface area contributed by atoms with E-state index in [0.29, 0.717) is 16.9 Å². The van der Waals surface area contributed by atoms with Crippen molar-refractivity contribution in [3.05, 3.63) is 94.1 Å². The Morgan fingerprint density at radius 2 is 1.76 bits per heavy atom. The lowest BCUT2D eigenvalue weighted by Crippen LogP contribution is -2.33. The normalized spacial score (nSPS) is 11.3. The minimum Gasteiger partial charge on any atom is -0.507 e. The first-order chi connectivity index (χ1) is 17.9. The summed E-state index contributed by atoms with van der Waals surface area (Å²) in [6, 6.07) is 18.8. The molecule has 0 heterocycles. The van der Waals surface area contributed by atoms with Crippen LogP contribution in [-0.2, 0) is 4.79 Å². The third-order valence-corrected chi connectivity index (χ3v) is 5.88. The molecular formula is C28H29ClN4O4. The van der Waals surface area contributed by atoms with Crippen LogP contribution in [0, 0.1) is 0 Å². The van der Waals surface area contributed by atoms with E-state index in [9.17, 15) is 14.7 Å². The number of ether oxygens (including phenoxy) is 1. The number of nitrogens with one attached hydrogen (secondary N) is 2. The highest BCUT2D eigenvalue weighted by Gasteiger charge is 2.16. The van der Waals surface area contributed by atoms with Gasteiger partial charge in [0.15, 0.2) is 0 Å². The quantitative estimate of drug-likeness (QED) is 0.202. The molecule has 3 rings (SSSR count). The molecule has 0 aliphatic heterocycles. The second-order valence-corrected chi connectivity index (χ2v) is 8.29. The van der Waals surface area contributed by atoms with Crippen molar-refractivity contribution in [2.45, 2.75) is 13.8 Å². The average Bonchev–Trinajstić information content (AvgIpc) is 2.91. The summed E-state index contributed by atoms with van der Waals surface area (Å²) in [4.78, 5) is 28.1. The zero-order valence-corrected chi connectivity index (χ0v) is 21.6. The third kappa shape index (κ3) is 7.35. The summed E-state index contributed by atoms with van der Waals surface area (Å²) in [6.45, 7) is 5.90. The van der Waals surface area contributed by atoms with Crippen molar-refractivity contribution in [2.75, 3.05) is 25.1 Å². The van der Waals surface area contributed by atoms with Crippen molar-refractivity contribution < 1.29 is 19.4 Å². The Kier molecular flexibility index (Phi) is 9.69. The number of methoxy groups -OCH3 is 1. The molecule has 0 radical (unpaired) electrons. The van der Waals surface area contributed by atoms with E-state index in [-0.39, 0.29) is 22.0 Å². The number of benzene rings is 3.